The normalized spacial score (nSPS) is 13.7. The molecule has 0 radical (unpaired) electrons. The summed E-state index contributed by atoms with van der Waals surface area (Å²) in [6.07, 6.45) is 3.03. The smallest absolute Gasteiger partial charge is 0.236 e. The number of anilines is 5. The van der Waals surface area contributed by atoms with Gasteiger partial charge in [-0.2, -0.15) is 4.98 Å². The highest BCUT2D eigenvalue weighted by Gasteiger charge is 2.25. The van der Waals surface area contributed by atoms with Crippen molar-refractivity contribution < 1.29 is 17.9 Å². The highest BCUT2D eigenvalue weighted by molar-refractivity contribution is 7.92. The number of amides is 1. The van der Waals surface area contributed by atoms with Crippen LogP contribution in [0, 0.1) is 0 Å². The van der Waals surface area contributed by atoms with Gasteiger partial charge in [-0.25, -0.2) is 13.4 Å². The minimum Gasteiger partial charge on any atom is -0.495 e. The van der Waals surface area contributed by atoms with Crippen molar-refractivity contribution in [1.82, 2.24) is 19.8 Å². The summed E-state index contributed by atoms with van der Waals surface area (Å²) in [6.45, 7) is 5.22. The van der Waals surface area contributed by atoms with E-state index in [1.165, 1.54) is 11.8 Å². The second kappa shape index (κ2) is 13.4. The molecule has 0 aliphatic carbocycles. The Bertz CT molecular complexity index is 1600. The molecule has 1 aromatic heterocycles. The van der Waals surface area contributed by atoms with Crippen LogP contribution in [0.4, 0.5) is 28.8 Å². The molecule has 0 spiro atoms. The fourth-order valence-electron chi connectivity index (χ4n) is 4.70. The SMILES string of the molecule is COc1cc2c(cc1Nc1ncc(Cl)c(Nc3ccc(N(C)C)cc3S(=O)(=O)C(C)C)n1)CCN(CC(=O)N(C)C)CC2. The molecule has 0 fully saturated rings. The van der Waals surface area contributed by atoms with Crippen LogP contribution in [0.25, 0.3) is 0 Å². The molecule has 0 saturated heterocycles. The third-order valence-corrected chi connectivity index (χ3v) is 9.90. The van der Waals surface area contributed by atoms with Gasteiger partial charge < -0.3 is 25.2 Å². The van der Waals surface area contributed by atoms with E-state index in [9.17, 15) is 13.2 Å². The first-order valence-electron chi connectivity index (χ1n) is 14.0. The third-order valence-electron chi connectivity index (χ3n) is 7.43. The van der Waals surface area contributed by atoms with Crippen LogP contribution in [0.3, 0.4) is 0 Å². The highest BCUT2D eigenvalue weighted by Crippen LogP contribution is 2.35. The minimum absolute atomic E-state index is 0.0813. The Kier molecular flexibility index (Phi) is 10.0. The van der Waals surface area contributed by atoms with Crippen LogP contribution >= 0.6 is 11.6 Å². The lowest BCUT2D eigenvalue weighted by Crippen LogP contribution is -2.37. The number of hydrogen-bond acceptors (Lipinski definition) is 10. The van der Waals surface area contributed by atoms with Gasteiger partial charge in [-0.15, -0.1) is 0 Å². The number of rotatable bonds is 10. The van der Waals surface area contributed by atoms with Gasteiger partial charge in [0.15, 0.2) is 15.7 Å². The minimum atomic E-state index is -3.62. The van der Waals surface area contributed by atoms with Gasteiger partial charge in [0.1, 0.15) is 10.8 Å². The predicted octanol–water partition coefficient (Wildman–Crippen LogP) is 4.36. The van der Waals surface area contributed by atoms with Crippen LogP contribution in [0.5, 0.6) is 5.75 Å². The van der Waals surface area contributed by atoms with Crippen LogP contribution in [-0.2, 0) is 27.5 Å². The van der Waals surface area contributed by atoms with Gasteiger partial charge in [-0.3, -0.25) is 9.69 Å². The fourth-order valence-corrected chi connectivity index (χ4v) is 6.06. The number of sulfone groups is 1. The Morgan fingerprint density at radius 1 is 1.05 bits per heavy atom. The zero-order valence-corrected chi connectivity index (χ0v) is 27.3. The number of aromatic nitrogens is 2. The van der Waals surface area contributed by atoms with Gasteiger partial charge in [0.05, 0.1) is 41.4 Å². The van der Waals surface area contributed by atoms with Crippen molar-refractivity contribution in [1.29, 1.82) is 0 Å². The average molecular weight is 630 g/mol. The number of benzene rings is 2. The maximum Gasteiger partial charge on any atom is 0.236 e. The summed E-state index contributed by atoms with van der Waals surface area (Å²) in [7, 11) is 5.23. The first-order valence-corrected chi connectivity index (χ1v) is 16.0. The van der Waals surface area contributed by atoms with Crippen molar-refractivity contribution in [2.45, 2.75) is 36.8 Å². The molecule has 2 aromatic carbocycles. The van der Waals surface area contributed by atoms with E-state index in [-0.39, 0.29) is 27.6 Å². The van der Waals surface area contributed by atoms with Gasteiger partial charge in [0, 0.05) is 47.0 Å². The van der Waals surface area contributed by atoms with Crippen molar-refractivity contribution >= 4 is 56.2 Å². The number of ether oxygens (including phenoxy) is 1. The number of carbonyl (C=O) groups is 1. The van der Waals surface area contributed by atoms with Gasteiger partial charge in [0.2, 0.25) is 11.9 Å². The number of halogens is 1. The molecule has 232 valence electrons. The number of carbonyl (C=O) groups excluding carboxylic acids is 1. The number of nitrogens with zero attached hydrogens (tertiary/aromatic N) is 5. The number of fused-ring (bicyclic) bond motifs is 1. The van der Waals surface area contributed by atoms with E-state index in [0.717, 1.165) is 37.2 Å². The standard InChI is InChI=1S/C30H40ClN7O4S/c1-19(2)43(40,41)27-16-22(36(3)4)8-9-24(27)33-29-23(31)17-32-30(35-29)34-25-14-20-10-12-38(18-28(39)37(5)6)13-11-21(20)15-26(25)42-7/h8-9,14-17,19H,10-13,18H2,1-7H3,(H2,32,33,34,35). The first kappa shape index (κ1) is 32.3. The number of nitrogens with one attached hydrogen (secondary N) is 2. The second-order valence-corrected chi connectivity index (χ2v) is 14.1. The van der Waals surface area contributed by atoms with Gasteiger partial charge in [-0.05, 0) is 68.1 Å². The molecule has 0 bridgehead atoms. The summed E-state index contributed by atoms with van der Waals surface area (Å²) in [4.78, 5) is 27.0. The quantitative estimate of drug-likeness (QED) is 0.335. The molecule has 0 saturated carbocycles. The monoisotopic (exact) mass is 629 g/mol. The molecule has 2 N–H and O–H groups in total. The molecule has 1 aliphatic heterocycles. The van der Waals surface area contributed by atoms with E-state index in [1.807, 2.05) is 37.2 Å². The molecule has 3 aromatic rings. The first-order chi connectivity index (χ1) is 20.3. The van der Waals surface area contributed by atoms with Crippen molar-refractivity contribution in [3.8, 4) is 5.75 Å². The summed E-state index contributed by atoms with van der Waals surface area (Å²) in [5.74, 6) is 1.23. The molecule has 13 heteroatoms. The fraction of sp³-hybridized carbons (Fsp3) is 0.433. The van der Waals surface area contributed by atoms with Crippen LogP contribution in [0.15, 0.2) is 41.4 Å². The van der Waals surface area contributed by atoms with E-state index in [1.54, 1.807) is 52.1 Å². The van der Waals surface area contributed by atoms with E-state index in [4.69, 9.17) is 16.3 Å². The number of likely N-dealkylation sites (N-methyl/N-ethyl adjacent to an activating group) is 1. The van der Waals surface area contributed by atoms with Crippen molar-refractivity contribution in [3.05, 3.63) is 52.7 Å². The lowest BCUT2D eigenvalue weighted by molar-refractivity contribution is -0.129. The van der Waals surface area contributed by atoms with Crippen LogP contribution in [0.1, 0.15) is 25.0 Å². The summed E-state index contributed by atoms with van der Waals surface area (Å²) in [6, 6.07) is 9.22. The topological polar surface area (TPSA) is 120 Å². The van der Waals surface area contributed by atoms with Crippen molar-refractivity contribution in [2.75, 3.05) is 70.5 Å². The van der Waals surface area contributed by atoms with Gasteiger partial charge in [0.25, 0.3) is 0 Å². The Labute approximate surface area is 259 Å². The number of methoxy groups -OCH3 is 1. The zero-order chi connectivity index (χ0) is 31.5. The second-order valence-electron chi connectivity index (χ2n) is 11.2. The number of hydrogen-bond donors (Lipinski definition) is 2. The van der Waals surface area contributed by atoms with Crippen molar-refractivity contribution in [2.24, 2.45) is 0 Å². The lowest BCUT2D eigenvalue weighted by Gasteiger charge is -2.21. The zero-order valence-electron chi connectivity index (χ0n) is 25.7. The molecular weight excluding hydrogens is 590 g/mol. The maximum atomic E-state index is 13.3. The molecule has 0 atom stereocenters. The summed E-state index contributed by atoms with van der Waals surface area (Å²) < 4.78 is 32.2. The Balaban J connectivity index is 1.61. The molecule has 1 aliphatic rings. The molecule has 4 rings (SSSR count). The van der Waals surface area contributed by atoms with E-state index in [0.29, 0.717) is 23.7 Å². The van der Waals surface area contributed by atoms with E-state index >= 15 is 0 Å². The Morgan fingerprint density at radius 2 is 1.72 bits per heavy atom. The Morgan fingerprint density at radius 3 is 2.33 bits per heavy atom. The largest absolute Gasteiger partial charge is 0.495 e. The summed E-state index contributed by atoms with van der Waals surface area (Å²) in [5.41, 5.74) is 4.13. The molecule has 0 unspecified atom stereocenters. The van der Waals surface area contributed by atoms with Gasteiger partial charge >= 0.3 is 0 Å². The summed E-state index contributed by atoms with van der Waals surface area (Å²) >= 11 is 6.47. The van der Waals surface area contributed by atoms with Crippen LogP contribution < -0.4 is 20.3 Å². The molecule has 2 heterocycles. The van der Waals surface area contributed by atoms with Crippen LogP contribution in [-0.4, -0.2) is 94.3 Å². The molecular formula is C30H40ClN7O4S. The van der Waals surface area contributed by atoms with Crippen LogP contribution in [0.2, 0.25) is 5.02 Å². The molecule has 43 heavy (non-hydrogen) atoms. The predicted molar refractivity (Wildman–Crippen MR) is 172 cm³/mol. The van der Waals surface area contributed by atoms with E-state index in [2.05, 4.69) is 25.5 Å². The van der Waals surface area contributed by atoms with Gasteiger partial charge in [-0.1, -0.05) is 11.6 Å². The average Bonchev–Trinajstić information content (AvgIpc) is 3.15. The summed E-state index contributed by atoms with van der Waals surface area (Å²) in [5, 5.41) is 5.98. The highest BCUT2D eigenvalue weighted by atomic mass is 35.5. The van der Waals surface area contributed by atoms with Crippen molar-refractivity contribution in [3.63, 3.8) is 0 Å². The Hall–Kier alpha value is -3.61. The molecule has 1 amide bonds. The third kappa shape index (κ3) is 7.49. The molecule has 11 nitrogen and oxygen atoms in total. The van der Waals surface area contributed by atoms with E-state index < -0.39 is 15.1 Å². The maximum absolute atomic E-state index is 13.3. The lowest BCUT2D eigenvalue weighted by atomic mass is 10.0.